The van der Waals surface area contributed by atoms with Crippen LogP contribution in [0.4, 0.5) is 0 Å². The van der Waals surface area contributed by atoms with Gasteiger partial charge in [-0.1, -0.05) is 25.4 Å². The van der Waals surface area contributed by atoms with Gasteiger partial charge in [-0.25, -0.2) is 0 Å². The van der Waals surface area contributed by atoms with Crippen LogP contribution in [0.25, 0.3) is 0 Å². The molecule has 0 amide bonds. The van der Waals surface area contributed by atoms with Crippen molar-refractivity contribution in [1.82, 2.24) is 5.32 Å². The summed E-state index contributed by atoms with van der Waals surface area (Å²) < 4.78 is 0. The van der Waals surface area contributed by atoms with Crippen molar-refractivity contribution in [3.05, 3.63) is 28.3 Å². The summed E-state index contributed by atoms with van der Waals surface area (Å²) in [6, 6.07) is 3.75. The number of phenols is 1. The standard InChI is InChI=1S/C14H20ClNO/c1-9(2)11-7-10(15)8-12(13(11)17)14(3)5-4-6-16-14/h7-9,16-17H,4-6H2,1-3H3. The summed E-state index contributed by atoms with van der Waals surface area (Å²) in [5, 5.41) is 14.6. The number of rotatable bonds is 2. The van der Waals surface area contributed by atoms with Gasteiger partial charge in [-0.3, -0.25) is 0 Å². The quantitative estimate of drug-likeness (QED) is 0.841. The van der Waals surface area contributed by atoms with Crippen molar-refractivity contribution in [2.24, 2.45) is 0 Å². The van der Waals surface area contributed by atoms with Crippen LogP contribution in [0.1, 0.15) is 50.7 Å². The minimum Gasteiger partial charge on any atom is -0.507 e. The first-order valence-corrected chi connectivity index (χ1v) is 6.60. The fourth-order valence-electron chi connectivity index (χ4n) is 2.61. The minimum atomic E-state index is -0.140. The molecule has 1 aromatic rings. The van der Waals surface area contributed by atoms with Crippen LogP contribution >= 0.6 is 11.6 Å². The van der Waals surface area contributed by atoms with Crippen molar-refractivity contribution >= 4 is 11.6 Å². The molecule has 1 aliphatic heterocycles. The van der Waals surface area contributed by atoms with Gasteiger partial charge >= 0.3 is 0 Å². The monoisotopic (exact) mass is 253 g/mol. The first kappa shape index (κ1) is 12.7. The number of hydrogen-bond acceptors (Lipinski definition) is 2. The first-order chi connectivity index (χ1) is 7.94. The molecule has 1 unspecified atom stereocenters. The molecule has 2 N–H and O–H groups in total. The van der Waals surface area contributed by atoms with Crippen LogP contribution < -0.4 is 5.32 Å². The van der Waals surface area contributed by atoms with E-state index in [0.717, 1.165) is 30.5 Å². The second kappa shape index (κ2) is 4.51. The lowest BCUT2D eigenvalue weighted by atomic mass is 9.86. The van der Waals surface area contributed by atoms with Crippen molar-refractivity contribution < 1.29 is 5.11 Å². The Bertz CT molecular complexity index is 422. The summed E-state index contributed by atoms with van der Waals surface area (Å²) in [6.07, 6.45) is 2.18. The van der Waals surface area contributed by atoms with Crippen molar-refractivity contribution in [3.8, 4) is 5.75 Å². The van der Waals surface area contributed by atoms with E-state index in [1.807, 2.05) is 12.1 Å². The number of phenolic OH excluding ortho intramolecular Hbond substituents is 1. The highest BCUT2D eigenvalue weighted by molar-refractivity contribution is 6.30. The molecule has 0 saturated carbocycles. The fourth-order valence-corrected chi connectivity index (χ4v) is 2.83. The summed E-state index contributed by atoms with van der Waals surface area (Å²) >= 11 is 6.17. The van der Waals surface area contributed by atoms with E-state index in [-0.39, 0.29) is 11.5 Å². The van der Waals surface area contributed by atoms with Gasteiger partial charge in [0, 0.05) is 16.1 Å². The Kier molecular flexibility index (Phi) is 3.37. The van der Waals surface area contributed by atoms with Crippen LogP contribution in [-0.4, -0.2) is 11.7 Å². The van der Waals surface area contributed by atoms with E-state index < -0.39 is 0 Å². The third-order valence-corrected chi connectivity index (χ3v) is 3.91. The van der Waals surface area contributed by atoms with Gasteiger partial charge in [0.15, 0.2) is 0 Å². The molecule has 0 aliphatic carbocycles. The van der Waals surface area contributed by atoms with Crippen LogP contribution in [0, 0.1) is 0 Å². The molecule has 3 heteroatoms. The molecular formula is C14H20ClNO. The lowest BCUT2D eigenvalue weighted by molar-refractivity contribution is 0.390. The maximum Gasteiger partial charge on any atom is 0.124 e. The number of benzene rings is 1. The van der Waals surface area contributed by atoms with Crippen LogP contribution in [0.2, 0.25) is 5.02 Å². The van der Waals surface area contributed by atoms with E-state index in [9.17, 15) is 5.11 Å². The molecule has 2 nitrogen and oxygen atoms in total. The Hall–Kier alpha value is -0.730. The van der Waals surface area contributed by atoms with E-state index in [4.69, 9.17) is 11.6 Å². The summed E-state index contributed by atoms with van der Waals surface area (Å²) in [4.78, 5) is 0. The molecule has 1 saturated heterocycles. The molecule has 1 atom stereocenters. The Morgan fingerprint density at radius 1 is 1.41 bits per heavy atom. The van der Waals surface area contributed by atoms with Gasteiger partial charge in [-0.2, -0.15) is 0 Å². The van der Waals surface area contributed by atoms with Crippen molar-refractivity contribution in [2.75, 3.05) is 6.54 Å². The van der Waals surface area contributed by atoms with E-state index in [1.54, 1.807) is 0 Å². The summed E-state index contributed by atoms with van der Waals surface area (Å²) in [5.74, 6) is 0.679. The van der Waals surface area contributed by atoms with Gasteiger partial charge in [-0.05, 0) is 49.9 Å². The van der Waals surface area contributed by atoms with Crippen molar-refractivity contribution in [3.63, 3.8) is 0 Å². The summed E-state index contributed by atoms with van der Waals surface area (Å²) in [5.41, 5.74) is 1.73. The summed E-state index contributed by atoms with van der Waals surface area (Å²) in [6.45, 7) is 7.27. The van der Waals surface area contributed by atoms with Crippen LogP contribution in [0.3, 0.4) is 0 Å². The largest absolute Gasteiger partial charge is 0.507 e. The van der Waals surface area contributed by atoms with Crippen LogP contribution in [-0.2, 0) is 5.54 Å². The van der Waals surface area contributed by atoms with Gasteiger partial charge in [-0.15, -0.1) is 0 Å². The van der Waals surface area contributed by atoms with Gasteiger partial charge < -0.3 is 10.4 Å². The molecule has 0 aromatic heterocycles. The third-order valence-electron chi connectivity index (χ3n) is 3.69. The molecule has 2 rings (SSSR count). The average molecular weight is 254 g/mol. The second-order valence-corrected chi connectivity index (χ2v) is 5.84. The molecular weight excluding hydrogens is 234 g/mol. The minimum absolute atomic E-state index is 0.140. The van der Waals surface area contributed by atoms with E-state index >= 15 is 0 Å². The third kappa shape index (κ3) is 2.29. The van der Waals surface area contributed by atoms with Gasteiger partial charge in [0.1, 0.15) is 5.75 Å². The second-order valence-electron chi connectivity index (χ2n) is 5.41. The molecule has 1 aliphatic rings. The topological polar surface area (TPSA) is 32.3 Å². The SMILES string of the molecule is CC(C)c1cc(Cl)cc(C2(C)CCCN2)c1O. The zero-order chi connectivity index (χ0) is 12.6. The lowest BCUT2D eigenvalue weighted by Gasteiger charge is -2.27. The number of halogens is 1. The average Bonchev–Trinajstić information content (AvgIpc) is 2.69. The molecule has 1 aromatic carbocycles. The molecule has 1 heterocycles. The lowest BCUT2D eigenvalue weighted by Crippen LogP contribution is -2.33. The predicted molar refractivity (Wildman–Crippen MR) is 71.8 cm³/mol. The van der Waals surface area contributed by atoms with E-state index in [0.29, 0.717) is 10.8 Å². The number of hydrogen-bond donors (Lipinski definition) is 2. The number of aromatic hydroxyl groups is 1. The Morgan fingerprint density at radius 3 is 2.65 bits per heavy atom. The maximum absolute atomic E-state index is 10.4. The van der Waals surface area contributed by atoms with E-state index in [1.165, 1.54) is 0 Å². The van der Waals surface area contributed by atoms with Gasteiger partial charge in [0.05, 0.1) is 0 Å². The zero-order valence-electron chi connectivity index (χ0n) is 10.7. The highest BCUT2D eigenvalue weighted by Gasteiger charge is 2.33. The molecule has 94 valence electrons. The Labute approximate surface area is 108 Å². The van der Waals surface area contributed by atoms with E-state index in [2.05, 4.69) is 26.1 Å². The van der Waals surface area contributed by atoms with Crippen LogP contribution in [0.15, 0.2) is 12.1 Å². The molecule has 17 heavy (non-hydrogen) atoms. The Balaban J connectivity index is 2.53. The van der Waals surface area contributed by atoms with Crippen molar-refractivity contribution in [1.29, 1.82) is 0 Å². The fraction of sp³-hybridized carbons (Fsp3) is 0.571. The molecule has 0 radical (unpaired) electrons. The highest BCUT2D eigenvalue weighted by Crippen LogP contribution is 2.41. The Morgan fingerprint density at radius 2 is 2.12 bits per heavy atom. The normalized spacial score (nSPS) is 24.5. The molecule has 0 bridgehead atoms. The first-order valence-electron chi connectivity index (χ1n) is 6.22. The molecule has 0 spiro atoms. The van der Waals surface area contributed by atoms with Crippen molar-refractivity contribution in [2.45, 2.75) is 45.1 Å². The smallest absolute Gasteiger partial charge is 0.124 e. The van der Waals surface area contributed by atoms with Gasteiger partial charge in [0.2, 0.25) is 0 Å². The zero-order valence-corrected chi connectivity index (χ0v) is 11.4. The maximum atomic E-state index is 10.4. The van der Waals surface area contributed by atoms with Gasteiger partial charge in [0.25, 0.3) is 0 Å². The predicted octanol–water partition coefficient (Wildman–Crippen LogP) is 3.77. The number of nitrogens with one attached hydrogen (secondary N) is 1. The highest BCUT2D eigenvalue weighted by atomic mass is 35.5. The molecule has 1 fully saturated rings. The van der Waals surface area contributed by atoms with Crippen LogP contribution in [0.5, 0.6) is 5.75 Å². The summed E-state index contributed by atoms with van der Waals surface area (Å²) in [7, 11) is 0.